The molecule has 0 spiro atoms. The summed E-state index contributed by atoms with van der Waals surface area (Å²) in [5, 5.41) is 3.42. The number of rotatable bonds is 6. The molecule has 3 rings (SSSR count). The van der Waals surface area contributed by atoms with Crippen LogP contribution in [-0.2, 0) is 17.9 Å². The normalized spacial score (nSPS) is 11.0. The molecule has 3 heteroatoms. The van der Waals surface area contributed by atoms with Crippen LogP contribution < -0.4 is 0 Å². The van der Waals surface area contributed by atoms with Gasteiger partial charge in [-0.1, -0.05) is 47.5 Å². The summed E-state index contributed by atoms with van der Waals surface area (Å²) in [6.07, 6.45) is 0.936. The van der Waals surface area contributed by atoms with Crippen LogP contribution >= 0.6 is 23.1 Å². The molecule has 0 bridgehead atoms. The fourth-order valence-corrected chi connectivity index (χ4v) is 5.12. The molecule has 0 radical (unpaired) electrons. The second-order valence-corrected chi connectivity index (χ2v) is 8.69. The quantitative estimate of drug-likeness (QED) is 0.500. The first-order valence-electron chi connectivity index (χ1n) is 8.64. The standard InChI is InChI=1S/C22H25NS2/c1-15-5-7-19(8-6-15)11-22-23-20(13-25-22)12-24-14-21-17(3)9-16(2)10-18(21)4/h5-10,13H,11-12,14H2,1-4H3. The number of hydrogen-bond acceptors (Lipinski definition) is 3. The summed E-state index contributed by atoms with van der Waals surface area (Å²) in [7, 11) is 0. The molecule has 3 aromatic rings. The predicted molar refractivity (Wildman–Crippen MR) is 112 cm³/mol. The molecule has 1 nitrogen and oxygen atoms in total. The van der Waals surface area contributed by atoms with Gasteiger partial charge in [-0.25, -0.2) is 4.98 Å². The monoisotopic (exact) mass is 367 g/mol. The number of benzene rings is 2. The lowest BCUT2D eigenvalue weighted by Crippen LogP contribution is -1.94. The van der Waals surface area contributed by atoms with Crippen molar-refractivity contribution in [3.8, 4) is 0 Å². The van der Waals surface area contributed by atoms with Gasteiger partial charge >= 0.3 is 0 Å². The van der Waals surface area contributed by atoms with Gasteiger partial charge in [-0.05, 0) is 49.9 Å². The third-order valence-corrected chi connectivity index (χ3v) is 6.30. The molecule has 0 amide bonds. The number of nitrogens with zero attached hydrogens (tertiary/aromatic N) is 1. The van der Waals surface area contributed by atoms with Gasteiger partial charge in [0.25, 0.3) is 0 Å². The lowest BCUT2D eigenvalue weighted by atomic mass is 10.0. The first kappa shape index (κ1) is 18.2. The molecule has 0 saturated carbocycles. The van der Waals surface area contributed by atoms with Crippen molar-refractivity contribution in [1.29, 1.82) is 0 Å². The average molecular weight is 368 g/mol. The highest BCUT2D eigenvalue weighted by Crippen LogP contribution is 2.25. The first-order valence-corrected chi connectivity index (χ1v) is 10.7. The molecule has 1 aromatic heterocycles. The van der Waals surface area contributed by atoms with E-state index >= 15 is 0 Å². The molecular formula is C22H25NS2. The van der Waals surface area contributed by atoms with Crippen molar-refractivity contribution in [1.82, 2.24) is 4.98 Å². The molecule has 0 aliphatic carbocycles. The van der Waals surface area contributed by atoms with Crippen LogP contribution in [0.25, 0.3) is 0 Å². The van der Waals surface area contributed by atoms with Crippen LogP contribution in [0.3, 0.4) is 0 Å². The van der Waals surface area contributed by atoms with Crippen molar-refractivity contribution in [2.75, 3.05) is 0 Å². The molecular weight excluding hydrogens is 342 g/mol. The van der Waals surface area contributed by atoms with E-state index in [1.54, 1.807) is 11.3 Å². The van der Waals surface area contributed by atoms with E-state index in [0.717, 1.165) is 17.9 Å². The summed E-state index contributed by atoms with van der Waals surface area (Å²) in [5.41, 5.74) is 9.49. The van der Waals surface area contributed by atoms with Crippen LogP contribution in [0.1, 0.15) is 44.1 Å². The first-order chi connectivity index (χ1) is 12.0. The van der Waals surface area contributed by atoms with E-state index in [4.69, 9.17) is 4.98 Å². The molecule has 25 heavy (non-hydrogen) atoms. The highest BCUT2D eigenvalue weighted by atomic mass is 32.2. The zero-order valence-corrected chi connectivity index (χ0v) is 17.1. The fraction of sp³-hybridized carbons (Fsp3) is 0.318. The Kier molecular flexibility index (Phi) is 5.98. The van der Waals surface area contributed by atoms with Gasteiger partial charge in [0.05, 0.1) is 10.7 Å². The predicted octanol–water partition coefficient (Wildman–Crippen LogP) is 6.40. The second-order valence-electron chi connectivity index (χ2n) is 6.77. The van der Waals surface area contributed by atoms with E-state index < -0.39 is 0 Å². The maximum atomic E-state index is 4.82. The number of thioether (sulfide) groups is 1. The minimum Gasteiger partial charge on any atom is -0.245 e. The van der Waals surface area contributed by atoms with Crippen molar-refractivity contribution >= 4 is 23.1 Å². The number of thiazole rings is 1. The molecule has 0 atom stereocenters. The van der Waals surface area contributed by atoms with Gasteiger partial charge in [0.1, 0.15) is 0 Å². The van der Waals surface area contributed by atoms with E-state index in [1.807, 2.05) is 11.8 Å². The van der Waals surface area contributed by atoms with Gasteiger partial charge in [-0.2, -0.15) is 11.8 Å². The molecule has 0 fully saturated rings. The Morgan fingerprint density at radius 3 is 2.24 bits per heavy atom. The second kappa shape index (κ2) is 8.20. The van der Waals surface area contributed by atoms with Crippen molar-refractivity contribution in [3.63, 3.8) is 0 Å². The molecule has 2 aromatic carbocycles. The molecule has 130 valence electrons. The van der Waals surface area contributed by atoms with Crippen LogP contribution in [0.5, 0.6) is 0 Å². The third kappa shape index (κ3) is 4.96. The molecule has 0 N–H and O–H groups in total. The summed E-state index contributed by atoms with van der Waals surface area (Å²) in [6, 6.07) is 13.3. The third-order valence-electron chi connectivity index (χ3n) is 4.41. The molecule has 0 aliphatic heterocycles. The Balaban J connectivity index is 1.56. The highest BCUT2D eigenvalue weighted by Gasteiger charge is 2.07. The van der Waals surface area contributed by atoms with E-state index in [1.165, 1.54) is 44.1 Å². The average Bonchev–Trinajstić information content (AvgIpc) is 2.99. The minimum atomic E-state index is 0.936. The Morgan fingerprint density at radius 1 is 0.880 bits per heavy atom. The van der Waals surface area contributed by atoms with Crippen LogP contribution in [0.2, 0.25) is 0 Å². The Labute approximate surface area is 159 Å². The Hall–Kier alpha value is -1.58. The zero-order valence-electron chi connectivity index (χ0n) is 15.4. The van der Waals surface area contributed by atoms with Crippen molar-refractivity contribution in [2.24, 2.45) is 0 Å². The van der Waals surface area contributed by atoms with E-state index in [2.05, 4.69) is 69.5 Å². The van der Waals surface area contributed by atoms with Crippen LogP contribution in [0, 0.1) is 27.7 Å². The fourth-order valence-electron chi connectivity index (χ4n) is 3.07. The van der Waals surface area contributed by atoms with Gasteiger partial charge in [0, 0.05) is 23.3 Å². The largest absolute Gasteiger partial charge is 0.245 e. The number of aryl methyl sites for hydroxylation is 4. The summed E-state index contributed by atoms with van der Waals surface area (Å²) >= 11 is 3.74. The molecule has 1 heterocycles. The zero-order chi connectivity index (χ0) is 17.8. The van der Waals surface area contributed by atoms with E-state index in [9.17, 15) is 0 Å². The van der Waals surface area contributed by atoms with E-state index in [-0.39, 0.29) is 0 Å². The van der Waals surface area contributed by atoms with Gasteiger partial charge in [0.2, 0.25) is 0 Å². The molecule has 0 unspecified atom stereocenters. The van der Waals surface area contributed by atoms with Crippen molar-refractivity contribution < 1.29 is 0 Å². The summed E-state index contributed by atoms with van der Waals surface area (Å²) < 4.78 is 0. The minimum absolute atomic E-state index is 0.936. The maximum Gasteiger partial charge on any atom is 0.0972 e. The lowest BCUT2D eigenvalue weighted by Gasteiger charge is -2.10. The van der Waals surface area contributed by atoms with Crippen LogP contribution in [0.15, 0.2) is 41.8 Å². The summed E-state index contributed by atoms with van der Waals surface area (Å²) in [5.74, 6) is 2.04. The van der Waals surface area contributed by atoms with Gasteiger partial charge in [-0.3, -0.25) is 0 Å². The van der Waals surface area contributed by atoms with Crippen LogP contribution in [-0.4, -0.2) is 4.98 Å². The smallest absolute Gasteiger partial charge is 0.0972 e. The highest BCUT2D eigenvalue weighted by molar-refractivity contribution is 7.97. The molecule has 0 saturated heterocycles. The van der Waals surface area contributed by atoms with Gasteiger partial charge in [0.15, 0.2) is 0 Å². The van der Waals surface area contributed by atoms with E-state index in [0.29, 0.717) is 0 Å². The summed E-state index contributed by atoms with van der Waals surface area (Å²) in [6.45, 7) is 8.73. The van der Waals surface area contributed by atoms with Crippen molar-refractivity contribution in [2.45, 2.75) is 45.6 Å². The van der Waals surface area contributed by atoms with Crippen LogP contribution in [0.4, 0.5) is 0 Å². The number of aromatic nitrogens is 1. The van der Waals surface area contributed by atoms with Crippen molar-refractivity contribution in [3.05, 3.63) is 85.9 Å². The van der Waals surface area contributed by atoms with Gasteiger partial charge < -0.3 is 0 Å². The topological polar surface area (TPSA) is 12.9 Å². The SMILES string of the molecule is Cc1ccc(Cc2nc(CSCc3c(C)cc(C)cc3C)cs2)cc1. The maximum absolute atomic E-state index is 4.82. The Morgan fingerprint density at radius 2 is 1.56 bits per heavy atom. The number of hydrogen-bond donors (Lipinski definition) is 0. The lowest BCUT2D eigenvalue weighted by molar-refractivity contribution is 1.09. The summed E-state index contributed by atoms with van der Waals surface area (Å²) in [4.78, 5) is 4.82. The van der Waals surface area contributed by atoms with Gasteiger partial charge in [-0.15, -0.1) is 11.3 Å². The Bertz CT molecular complexity index is 824. The molecule has 0 aliphatic rings.